The van der Waals surface area contributed by atoms with Crippen LogP contribution in [0.3, 0.4) is 0 Å². The van der Waals surface area contributed by atoms with E-state index in [4.69, 9.17) is 15.2 Å². The van der Waals surface area contributed by atoms with Crippen LogP contribution in [-0.4, -0.2) is 31.3 Å². The first-order valence-corrected chi connectivity index (χ1v) is 7.37. The third kappa shape index (κ3) is 4.56. The van der Waals surface area contributed by atoms with E-state index in [9.17, 15) is 0 Å². The van der Waals surface area contributed by atoms with Gasteiger partial charge in [-0.25, -0.2) is 0 Å². The summed E-state index contributed by atoms with van der Waals surface area (Å²) >= 11 is 0. The van der Waals surface area contributed by atoms with Crippen LogP contribution < -0.4 is 15.8 Å². The molecular formula is C15H25N3O2. The zero-order chi connectivity index (χ0) is 14.4. The lowest BCUT2D eigenvalue weighted by molar-refractivity contribution is 0.182. The van der Waals surface area contributed by atoms with Crippen molar-refractivity contribution in [3.8, 4) is 5.88 Å². The summed E-state index contributed by atoms with van der Waals surface area (Å²) in [6.45, 7) is 3.54. The predicted molar refractivity (Wildman–Crippen MR) is 81.1 cm³/mol. The topological polar surface area (TPSA) is 69.4 Å². The molecule has 5 heteroatoms. The molecular weight excluding hydrogens is 254 g/mol. The molecule has 1 aromatic heterocycles. The van der Waals surface area contributed by atoms with Crippen molar-refractivity contribution in [3.05, 3.63) is 12.1 Å². The summed E-state index contributed by atoms with van der Waals surface area (Å²) in [6.07, 6.45) is 4.65. The molecule has 112 valence electrons. The van der Waals surface area contributed by atoms with Gasteiger partial charge in [0.2, 0.25) is 5.88 Å². The maximum atomic E-state index is 5.90. The molecule has 1 heterocycles. The zero-order valence-corrected chi connectivity index (χ0v) is 12.4. The summed E-state index contributed by atoms with van der Waals surface area (Å²) in [5.41, 5.74) is 6.50. The SMILES string of the molecule is CCCC(COC)Nc1ccc(N)c(OCC2CC2)n1. The molecule has 5 nitrogen and oxygen atoms in total. The summed E-state index contributed by atoms with van der Waals surface area (Å²) in [5, 5.41) is 3.38. The highest BCUT2D eigenvalue weighted by molar-refractivity contribution is 5.53. The van der Waals surface area contributed by atoms with Gasteiger partial charge in [-0.1, -0.05) is 13.3 Å². The smallest absolute Gasteiger partial charge is 0.239 e. The van der Waals surface area contributed by atoms with E-state index < -0.39 is 0 Å². The number of nitrogen functional groups attached to an aromatic ring is 1. The second-order valence-electron chi connectivity index (χ2n) is 5.43. The lowest BCUT2D eigenvalue weighted by Gasteiger charge is -2.18. The van der Waals surface area contributed by atoms with Crippen LogP contribution in [0.2, 0.25) is 0 Å². The molecule has 0 radical (unpaired) electrons. The van der Waals surface area contributed by atoms with Crippen molar-refractivity contribution in [2.45, 2.75) is 38.6 Å². The van der Waals surface area contributed by atoms with E-state index in [1.54, 1.807) is 7.11 Å². The van der Waals surface area contributed by atoms with E-state index in [0.717, 1.165) is 25.3 Å². The average molecular weight is 279 g/mol. The van der Waals surface area contributed by atoms with Crippen molar-refractivity contribution >= 4 is 11.5 Å². The molecule has 0 amide bonds. The van der Waals surface area contributed by atoms with Crippen LogP contribution >= 0.6 is 0 Å². The van der Waals surface area contributed by atoms with Crippen molar-refractivity contribution < 1.29 is 9.47 Å². The van der Waals surface area contributed by atoms with Crippen LogP contribution in [0.25, 0.3) is 0 Å². The molecule has 0 saturated heterocycles. The number of rotatable bonds is 9. The normalized spacial score (nSPS) is 15.9. The molecule has 20 heavy (non-hydrogen) atoms. The standard InChI is InChI=1S/C15H25N3O2/c1-3-4-12(10-19-2)17-14-8-7-13(16)15(18-14)20-9-11-5-6-11/h7-8,11-12H,3-6,9-10,16H2,1-2H3,(H,17,18). The van der Waals surface area contributed by atoms with E-state index in [0.29, 0.717) is 24.1 Å². The van der Waals surface area contributed by atoms with Gasteiger partial charge in [-0.05, 0) is 37.3 Å². The highest BCUT2D eigenvalue weighted by Gasteiger charge is 2.22. The Morgan fingerprint density at radius 3 is 2.90 bits per heavy atom. The van der Waals surface area contributed by atoms with Crippen LogP contribution in [0.15, 0.2) is 12.1 Å². The van der Waals surface area contributed by atoms with Crippen LogP contribution in [0.4, 0.5) is 11.5 Å². The van der Waals surface area contributed by atoms with E-state index >= 15 is 0 Å². The molecule has 0 bridgehead atoms. The van der Waals surface area contributed by atoms with E-state index in [1.807, 2.05) is 12.1 Å². The molecule has 1 aliphatic carbocycles. The van der Waals surface area contributed by atoms with Crippen molar-refractivity contribution in [2.75, 3.05) is 31.4 Å². The highest BCUT2D eigenvalue weighted by Crippen LogP contribution is 2.30. The molecule has 1 aromatic rings. The van der Waals surface area contributed by atoms with Gasteiger partial charge < -0.3 is 20.5 Å². The third-order valence-electron chi connectivity index (χ3n) is 3.40. The fourth-order valence-electron chi connectivity index (χ4n) is 2.08. The largest absolute Gasteiger partial charge is 0.476 e. The maximum Gasteiger partial charge on any atom is 0.239 e. The van der Waals surface area contributed by atoms with Gasteiger partial charge >= 0.3 is 0 Å². The van der Waals surface area contributed by atoms with Gasteiger partial charge in [0.25, 0.3) is 0 Å². The Balaban J connectivity index is 1.96. The zero-order valence-electron chi connectivity index (χ0n) is 12.4. The first-order chi connectivity index (χ1) is 9.72. The fraction of sp³-hybridized carbons (Fsp3) is 0.667. The number of hydrogen-bond acceptors (Lipinski definition) is 5. The number of ether oxygens (including phenoxy) is 2. The number of pyridine rings is 1. The van der Waals surface area contributed by atoms with Gasteiger partial charge in [0, 0.05) is 7.11 Å². The summed E-state index contributed by atoms with van der Waals surface area (Å²) in [7, 11) is 1.71. The first-order valence-electron chi connectivity index (χ1n) is 7.37. The molecule has 3 N–H and O–H groups in total. The Hall–Kier alpha value is -1.49. The number of methoxy groups -OCH3 is 1. The number of nitrogens with zero attached hydrogens (tertiary/aromatic N) is 1. The number of hydrogen-bond donors (Lipinski definition) is 2. The summed E-state index contributed by atoms with van der Waals surface area (Å²) in [5.74, 6) is 2.02. The molecule has 0 spiro atoms. The molecule has 1 unspecified atom stereocenters. The first kappa shape index (κ1) is 14.9. The second-order valence-corrected chi connectivity index (χ2v) is 5.43. The summed E-state index contributed by atoms with van der Waals surface area (Å²) in [4.78, 5) is 4.46. The molecule has 1 aliphatic rings. The van der Waals surface area contributed by atoms with Gasteiger partial charge in [-0.3, -0.25) is 0 Å². The Bertz CT molecular complexity index is 416. The van der Waals surface area contributed by atoms with E-state index in [-0.39, 0.29) is 6.04 Å². The monoisotopic (exact) mass is 279 g/mol. The summed E-state index contributed by atoms with van der Waals surface area (Å²) in [6, 6.07) is 3.99. The van der Waals surface area contributed by atoms with Crippen LogP contribution in [0.5, 0.6) is 5.88 Å². The third-order valence-corrected chi connectivity index (χ3v) is 3.40. The minimum absolute atomic E-state index is 0.261. The van der Waals surface area contributed by atoms with E-state index in [1.165, 1.54) is 12.8 Å². The number of anilines is 2. The van der Waals surface area contributed by atoms with Crippen LogP contribution in [0.1, 0.15) is 32.6 Å². The van der Waals surface area contributed by atoms with Crippen LogP contribution in [0, 0.1) is 5.92 Å². The Kier molecular flexibility index (Phi) is 5.47. The van der Waals surface area contributed by atoms with Crippen molar-refractivity contribution in [1.82, 2.24) is 4.98 Å². The molecule has 0 aliphatic heterocycles. The fourth-order valence-corrected chi connectivity index (χ4v) is 2.08. The average Bonchev–Trinajstić information content (AvgIpc) is 3.24. The Morgan fingerprint density at radius 2 is 2.25 bits per heavy atom. The predicted octanol–water partition coefficient (Wildman–Crippen LogP) is 2.68. The van der Waals surface area contributed by atoms with Gasteiger partial charge in [0.05, 0.1) is 24.9 Å². The van der Waals surface area contributed by atoms with Crippen molar-refractivity contribution in [3.63, 3.8) is 0 Å². The second kappa shape index (κ2) is 7.33. The lowest BCUT2D eigenvalue weighted by Crippen LogP contribution is -2.25. The maximum absolute atomic E-state index is 5.90. The van der Waals surface area contributed by atoms with Gasteiger partial charge in [0.1, 0.15) is 5.82 Å². The Morgan fingerprint density at radius 1 is 1.45 bits per heavy atom. The molecule has 1 saturated carbocycles. The van der Waals surface area contributed by atoms with Crippen molar-refractivity contribution in [2.24, 2.45) is 5.92 Å². The van der Waals surface area contributed by atoms with Gasteiger partial charge in [0.15, 0.2) is 0 Å². The van der Waals surface area contributed by atoms with Crippen LogP contribution in [-0.2, 0) is 4.74 Å². The highest BCUT2D eigenvalue weighted by atomic mass is 16.5. The summed E-state index contributed by atoms with van der Waals surface area (Å²) < 4.78 is 10.9. The Labute approximate surface area is 120 Å². The number of aromatic nitrogens is 1. The minimum atomic E-state index is 0.261. The number of nitrogens with two attached hydrogens (primary N) is 1. The van der Waals surface area contributed by atoms with E-state index in [2.05, 4.69) is 17.2 Å². The van der Waals surface area contributed by atoms with Gasteiger partial charge in [-0.2, -0.15) is 4.98 Å². The number of nitrogens with one attached hydrogen (secondary N) is 1. The molecule has 1 fully saturated rings. The minimum Gasteiger partial charge on any atom is -0.476 e. The molecule has 2 rings (SSSR count). The van der Waals surface area contributed by atoms with Gasteiger partial charge in [-0.15, -0.1) is 0 Å². The van der Waals surface area contributed by atoms with Crippen molar-refractivity contribution in [1.29, 1.82) is 0 Å². The molecule has 1 atom stereocenters. The molecule has 0 aromatic carbocycles. The lowest BCUT2D eigenvalue weighted by atomic mass is 10.2. The quantitative estimate of drug-likeness (QED) is 0.727.